The second kappa shape index (κ2) is 2.97. The molecule has 1 heterocycles. The van der Waals surface area contributed by atoms with Crippen LogP contribution in [0.4, 0.5) is 13.2 Å². The molecular weight excluding hydrogens is 191 g/mol. The Bertz CT molecular complexity index is 462. The van der Waals surface area contributed by atoms with E-state index in [1.54, 1.807) is 6.07 Å². The maximum absolute atomic E-state index is 12.2. The number of benzene rings is 1. The molecule has 0 saturated carbocycles. The molecule has 0 aliphatic carbocycles. The first-order valence-corrected chi connectivity index (χ1v) is 3.91. The lowest BCUT2D eigenvalue weighted by Gasteiger charge is -2.05. The first-order valence-electron chi connectivity index (χ1n) is 3.91. The number of halogens is 3. The number of aromatic nitrogens is 1. The molecule has 4 heteroatoms. The van der Waals surface area contributed by atoms with Crippen molar-refractivity contribution in [1.29, 1.82) is 0 Å². The van der Waals surface area contributed by atoms with E-state index in [0.717, 1.165) is 6.07 Å². The number of hydrogen-bond acceptors (Lipinski definition) is 1. The van der Waals surface area contributed by atoms with E-state index in [-0.39, 0.29) is 0 Å². The van der Waals surface area contributed by atoms with Crippen molar-refractivity contribution in [2.24, 2.45) is 0 Å². The van der Waals surface area contributed by atoms with E-state index >= 15 is 0 Å². The van der Waals surface area contributed by atoms with Crippen LogP contribution in [0.15, 0.2) is 30.3 Å². The van der Waals surface area contributed by atoms with E-state index in [2.05, 4.69) is 11.1 Å². The Morgan fingerprint density at radius 1 is 1.14 bits per heavy atom. The third-order valence-corrected chi connectivity index (χ3v) is 1.82. The second-order valence-electron chi connectivity index (χ2n) is 2.81. The van der Waals surface area contributed by atoms with Crippen LogP contribution in [0.25, 0.3) is 10.9 Å². The van der Waals surface area contributed by atoms with E-state index < -0.39 is 11.9 Å². The molecule has 71 valence electrons. The van der Waals surface area contributed by atoms with Crippen molar-refractivity contribution >= 4 is 10.9 Å². The van der Waals surface area contributed by atoms with Gasteiger partial charge in [-0.2, -0.15) is 13.2 Å². The molecule has 0 spiro atoms. The van der Waals surface area contributed by atoms with Gasteiger partial charge in [-0.05, 0) is 24.3 Å². The largest absolute Gasteiger partial charge is 0.433 e. The number of hydrogen-bond donors (Lipinski definition) is 0. The highest BCUT2D eigenvalue weighted by Gasteiger charge is 2.32. The van der Waals surface area contributed by atoms with Crippen molar-refractivity contribution in [3.63, 3.8) is 0 Å². The van der Waals surface area contributed by atoms with E-state index in [0.29, 0.717) is 10.9 Å². The van der Waals surface area contributed by atoms with Crippen molar-refractivity contribution in [3.05, 3.63) is 42.1 Å². The van der Waals surface area contributed by atoms with E-state index in [1.165, 1.54) is 18.2 Å². The van der Waals surface area contributed by atoms with Gasteiger partial charge >= 0.3 is 6.18 Å². The van der Waals surface area contributed by atoms with Crippen molar-refractivity contribution in [3.8, 4) is 0 Å². The Morgan fingerprint density at radius 3 is 2.64 bits per heavy atom. The summed E-state index contributed by atoms with van der Waals surface area (Å²) < 4.78 is 36.7. The van der Waals surface area contributed by atoms with Crippen LogP contribution in [0.1, 0.15) is 5.69 Å². The van der Waals surface area contributed by atoms with Crippen LogP contribution in [0.2, 0.25) is 0 Å². The summed E-state index contributed by atoms with van der Waals surface area (Å²) in [5, 5.41) is 0.653. The molecule has 0 saturated heterocycles. The molecule has 14 heavy (non-hydrogen) atoms. The van der Waals surface area contributed by atoms with Crippen molar-refractivity contribution in [2.45, 2.75) is 6.18 Å². The average molecular weight is 196 g/mol. The third-order valence-electron chi connectivity index (χ3n) is 1.82. The molecule has 2 aromatic rings. The standard InChI is InChI=1S/C10H5F3N/c11-10(12,13)9-6-5-7-3-1-2-4-8(7)14-9/h2-6H. The van der Waals surface area contributed by atoms with Gasteiger partial charge in [0, 0.05) is 5.39 Å². The SMILES string of the molecule is FC(F)(F)c1ccc2c[c]ccc2n1. The minimum absolute atomic E-state index is 0.332. The van der Waals surface area contributed by atoms with E-state index in [1.807, 2.05) is 0 Å². The lowest BCUT2D eigenvalue weighted by Crippen LogP contribution is -2.07. The first-order chi connectivity index (χ1) is 6.57. The molecule has 2 rings (SSSR count). The summed E-state index contributed by atoms with van der Waals surface area (Å²) in [4.78, 5) is 3.50. The number of fused-ring (bicyclic) bond motifs is 1. The van der Waals surface area contributed by atoms with Crippen molar-refractivity contribution in [2.75, 3.05) is 0 Å². The summed E-state index contributed by atoms with van der Waals surface area (Å²) in [6, 6.07) is 9.77. The third kappa shape index (κ3) is 1.55. The highest BCUT2D eigenvalue weighted by Crippen LogP contribution is 2.28. The monoisotopic (exact) mass is 196 g/mol. The lowest BCUT2D eigenvalue weighted by atomic mass is 10.2. The number of rotatable bonds is 0. The highest BCUT2D eigenvalue weighted by molar-refractivity contribution is 5.78. The summed E-state index contributed by atoms with van der Waals surface area (Å²) >= 11 is 0. The smallest absolute Gasteiger partial charge is 0.243 e. The van der Waals surface area contributed by atoms with Gasteiger partial charge in [-0.1, -0.05) is 12.1 Å². The Kier molecular flexibility index (Phi) is 1.91. The molecule has 0 N–H and O–H groups in total. The van der Waals surface area contributed by atoms with Crippen molar-refractivity contribution in [1.82, 2.24) is 4.98 Å². The normalized spacial score (nSPS) is 11.9. The number of pyridine rings is 1. The zero-order valence-corrected chi connectivity index (χ0v) is 6.97. The summed E-state index contributed by atoms with van der Waals surface area (Å²) in [6.45, 7) is 0. The number of nitrogens with zero attached hydrogens (tertiary/aromatic N) is 1. The van der Waals surface area contributed by atoms with Crippen LogP contribution >= 0.6 is 0 Å². The first kappa shape index (κ1) is 8.99. The molecule has 0 aliphatic rings. The Morgan fingerprint density at radius 2 is 1.93 bits per heavy atom. The molecule has 0 amide bonds. The summed E-state index contributed by atoms with van der Waals surface area (Å²) in [6.07, 6.45) is -4.38. The second-order valence-corrected chi connectivity index (χ2v) is 2.81. The Labute approximate surface area is 78.2 Å². The minimum Gasteiger partial charge on any atom is -0.243 e. The van der Waals surface area contributed by atoms with Gasteiger partial charge in [0.1, 0.15) is 5.69 Å². The van der Waals surface area contributed by atoms with Crippen molar-refractivity contribution < 1.29 is 13.2 Å². The fourth-order valence-electron chi connectivity index (χ4n) is 1.16. The predicted octanol–water partition coefficient (Wildman–Crippen LogP) is 3.05. The average Bonchev–Trinajstić information content (AvgIpc) is 2.16. The quantitative estimate of drug-likeness (QED) is 0.631. The molecule has 1 nitrogen and oxygen atoms in total. The van der Waals surface area contributed by atoms with Gasteiger partial charge < -0.3 is 0 Å². The van der Waals surface area contributed by atoms with E-state index in [9.17, 15) is 13.2 Å². The van der Waals surface area contributed by atoms with Gasteiger partial charge in [0.25, 0.3) is 0 Å². The minimum atomic E-state index is -4.38. The van der Waals surface area contributed by atoms with Crippen LogP contribution in [-0.4, -0.2) is 4.98 Å². The molecule has 0 unspecified atom stereocenters. The van der Waals surface area contributed by atoms with Crippen LogP contribution in [0, 0.1) is 6.07 Å². The predicted molar refractivity (Wildman–Crippen MR) is 45.6 cm³/mol. The fraction of sp³-hybridized carbons (Fsp3) is 0.100. The molecular formula is C10H5F3N. The molecule has 0 fully saturated rings. The Balaban J connectivity index is 2.63. The van der Waals surface area contributed by atoms with Gasteiger partial charge in [-0.3, -0.25) is 0 Å². The molecule has 1 aromatic heterocycles. The zero-order valence-electron chi connectivity index (χ0n) is 6.97. The van der Waals surface area contributed by atoms with E-state index in [4.69, 9.17) is 0 Å². The maximum Gasteiger partial charge on any atom is 0.433 e. The van der Waals surface area contributed by atoms with Crippen LogP contribution in [-0.2, 0) is 6.18 Å². The summed E-state index contributed by atoms with van der Waals surface area (Å²) in [5.74, 6) is 0. The molecule has 0 atom stereocenters. The molecule has 0 bridgehead atoms. The van der Waals surface area contributed by atoms with Gasteiger partial charge in [-0.15, -0.1) is 0 Å². The number of alkyl halides is 3. The topological polar surface area (TPSA) is 12.9 Å². The molecule has 1 aromatic carbocycles. The summed E-state index contributed by atoms with van der Waals surface area (Å²) in [5.41, 5.74) is -0.533. The Hall–Kier alpha value is -1.58. The van der Waals surface area contributed by atoms with Gasteiger partial charge in [0.2, 0.25) is 0 Å². The lowest BCUT2D eigenvalue weighted by molar-refractivity contribution is -0.140. The fourth-order valence-corrected chi connectivity index (χ4v) is 1.16. The van der Waals surface area contributed by atoms with Crippen LogP contribution in [0.3, 0.4) is 0 Å². The van der Waals surface area contributed by atoms with Gasteiger partial charge in [-0.25, -0.2) is 4.98 Å². The zero-order chi connectivity index (χ0) is 10.2. The highest BCUT2D eigenvalue weighted by atomic mass is 19.4. The molecule has 0 aliphatic heterocycles. The van der Waals surface area contributed by atoms with Crippen LogP contribution < -0.4 is 0 Å². The summed E-state index contributed by atoms with van der Waals surface area (Å²) in [7, 11) is 0. The van der Waals surface area contributed by atoms with Gasteiger partial charge in [0.15, 0.2) is 0 Å². The molecule has 1 radical (unpaired) electrons. The maximum atomic E-state index is 12.2. The van der Waals surface area contributed by atoms with Crippen LogP contribution in [0.5, 0.6) is 0 Å². The van der Waals surface area contributed by atoms with Gasteiger partial charge in [0.05, 0.1) is 5.52 Å².